The van der Waals surface area contributed by atoms with Crippen molar-refractivity contribution in [1.82, 2.24) is 5.32 Å². The molecule has 2 heteroatoms. The SMILES string of the molecule is CC(C)c1ccc(C(N)C2CCCNC2)cc1. The molecule has 0 radical (unpaired) electrons. The summed E-state index contributed by atoms with van der Waals surface area (Å²) in [7, 11) is 0. The van der Waals surface area contributed by atoms with E-state index in [9.17, 15) is 0 Å². The van der Waals surface area contributed by atoms with Crippen molar-refractivity contribution in [3.63, 3.8) is 0 Å². The lowest BCUT2D eigenvalue weighted by Gasteiger charge is -2.28. The van der Waals surface area contributed by atoms with E-state index in [4.69, 9.17) is 5.73 Å². The summed E-state index contributed by atoms with van der Waals surface area (Å²) < 4.78 is 0. The van der Waals surface area contributed by atoms with Gasteiger partial charge in [-0.3, -0.25) is 0 Å². The first-order chi connectivity index (χ1) is 8.18. The summed E-state index contributed by atoms with van der Waals surface area (Å²) in [6.07, 6.45) is 2.50. The van der Waals surface area contributed by atoms with Crippen LogP contribution in [-0.4, -0.2) is 13.1 Å². The summed E-state index contributed by atoms with van der Waals surface area (Å²) >= 11 is 0. The van der Waals surface area contributed by atoms with Crippen LogP contribution in [0, 0.1) is 5.92 Å². The lowest BCUT2D eigenvalue weighted by atomic mass is 9.87. The second kappa shape index (κ2) is 5.65. The van der Waals surface area contributed by atoms with Crippen LogP contribution in [0.4, 0.5) is 0 Å². The molecule has 1 aliphatic rings. The summed E-state index contributed by atoms with van der Waals surface area (Å²) in [6, 6.07) is 9.03. The molecule has 0 aromatic heterocycles. The molecule has 3 N–H and O–H groups in total. The van der Waals surface area contributed by atoms with Crippen molar-refractivity contribution in [2.24, 2.45) is 11.7 Å². The van der Waals surface area contributed by atoms with Crippen LogP contribution in [0.25, 0.3) is 0 Å². The van der Waals surface area contributed by atoms with Crippen molar-refractivity contribution in [2.75, 3.05) is 13.1 Å². The van der Waals surface area contributed by atoms with Crippen LogP contribution in [0.1, 0.15) is 49.8 Å². The van der Waals surface area contributed by atoms with E-state index in [1.807, 2.05) is 0 Å². The molecule has 1 saturated heterocycles. The van der Waals surface area contributed by atoms with E-state index < -0.39 is 0 Å². The molecule has 1 aromatic rings. The van der Waals surface area contributed by atoms with Crippen molar-refractivity contribution in [1.29, 1.82) is 0 Å². The highest BCUT2D eigenvalue weighted by Gasteiger charge is 2.21. The molecule has 1 aromatic carbocycles. The van der Waals surface area contributed by atoms with E-state index in [2.05, 4.69) is 43.4 Å². The number of nitrogens with one attached hydrogen (secondary N) is 1. The van der Waals surface area contributed by atoms with E-state index >= 15 is 0 Å². The molecule has 1 heterocycles. The largest absolute Gasteiger partial charge is 0.324 e. The molecule has 2 atom stereocenters. The quantitative estimate of drug-likeness (QED) is 0.841. The maximum Gasteiger partial charge on any atom is 0.0335 e. The average molecular weight is 232 g/mol. The van der Waals surface area contributed by atoms with Crippen LogP contribution in [0.15, 0.2) is 24.3 Å². The molecule has 0 bridgehead atoms. The predicted octanol–water partition coefficient (Wildman–Crippen LogP) is 2.81. The molecule has 94 valence electrons. The van der Waals surface area contributed by atoms with Crippen LogP contribution in [0.3, 0.4) is 0 Å². The van der Waals surface area contributed by atoms with E-state index in [-0.39, 0.29) is 6.04 Å². The fourth-order valence-electron chi connectivity index (χ4n) is 2.56. The Kier molecular flexibility index (Phi) is 4.19. The first kappa shape index (κ1) is 12.6. The van der Waals surface area contributed by atoms with Gasteiger partial charge in [-0.15, -0.1) is 0 Å². The first-order valence-corrected chi connectivity index (χ1v) is 6.74. The Morgan fingerprint density at radius 3 is 2.35 bits per heavy atom. The molecule has 2 nitrogen and oxygen atoms in total. The minimum Gasteiger partial charge on any atom is -0.324 e. The molecule has 0 amide bonds. The van der Waals surface area contributed by atoms with Gasteiger partial charge in [0.1, 0.15) is 0 Å². The Morgan fingerprint density at radius 2 is 1.82 bits per heavy atom. The first-order valence-electron chi connectivity index (χ1n) is 6.74. The van der Waals surface area contributed by atoms with E-state index in [1.165, 1.54) is 24.0 Å². The molecule has 17 heavy (non-hydrogen) atoms. The maximum atomic E-state index is 6.36. The third kappa shape index (κ3) is 3.08. The van der Waals surface area contributed by atoms with Gasteiger partial charge in [0, 0.05) is 6.04 Å². The van der Waals surface area contributed by atoms with Crippen LogP contribution >= 0.6 is 0 Å². The van der Waals surface area contributed by atoms with Gasteiger partial charge in [-0.05, 0) is 48.9 Å². The highest BCUT2D eigenvalue weighted by atomic mass is 14.9. The smallest absolute Gasteiger partial charge is 0.0335 e. The molecule has 1 aliphatic heterocycles. The lowest BCUT2D eigenvalue weighted by Crippen LogP contribution is -2.36. The lowest BCUT2D eigenvalue weighted by molar-refractivity contribution is 0.326. The van der Waals surface area contributed by atoms with E-state index in [0.717, 1.165) is 13.1 Å². The highest BCUT2D eigenvalue weighted by molar-refractivity contribution is 5.27. The minimum atomic E-state index is 0.184. The fraction of sp³-hybridized carbons (Fsp3) is 0.600. The number of piperidine rings is 1. The minimum absolute atomic E-state index is 0.184. The fourth-order valence-corrected chi connectivity index (χ4v) is 2.56. The summed E-state index contributed by atoms with van der Waals surface area (Å²) in [5, 5.41) is 3.44. The zero-order valence-corrected chi connectivity index (χ0v) is 10.9. The highest BCUT2D eigenvalue weighted by Crippen LogP contribution is 2.26. The van der Waals surface area contributed by atoms with Gasteiger partial charge >= 0.3 is 0 Å². The Hall–Kier alpha value is -0.860. The molecular weight excluding hydrogens is 208 g/mol. The Balaban J connectivity index is 2.05. The van der Waals surface area contributed by atoms with Crippen molar-refractivity contribution < 1.29 is 0 Å². The Morgan fingerprint density at radius 1 is 1.18 bits per heavy atom. The second-order valence-electron chi connectivity index (χ2n) is 5.45. The van der Waals surface area contributed by atoms with Gasteiger partial charge in [0.2, 0.25) is 0 Å². The van der Waals surface area contributed by atoms with Crippen molar-refractivity contribution in [3.8, 4) is 0 Å². The standard InChI is InChI=1S/C15H24N2/c1-11(2)12-5-7-13(8-6-12)15(16)14-4-3-9-17-10-14/h5-8,11,14-15,17H,3-4,9-10,16H2,1-2H3. The van der Waals surface area contributed by atoms with Gasteiger partial charge < -0.3 is 11.1 Å². The van der Waals surface area contributed by atoms with Crippen LogP contribution in [-0.2, 0) is 0 Å². The molecule has 2 rings (SSSR count). The van der Waals surface area contributed by atoms with Gasteiger partial charge in [-0.25, -0.2) is 0 Å². The van der Waals surface area contributed by atoms with Crippen molar-refractivity contribution in [3.05, 3.63) is 35.4 Å². The third-order valence-corrected chi connectivity index (χ3v) is 3.83. The summed E-state index contributed by atoms with van der Waals surface area (Å²) in [5.74, 6) is 1.19. The zero-order chi connectivity index (χ0) is 12.3. The van der Waals surface area contributed by atoms with E-state index in [1.54, 1.807) is 0 Å². The molecule has 1 fully saturated rings. The van der Waals surface area contributed by atoms with Gasteiger partial charge in [-0.1, -0.05) is 38.1 Å². The number of benzene rings is 1. The topological polar surface area (TPSA) is 38.0 Å². The van der Waals surface area contributed by atoms with Crippen molar-refractivity contribution >= 4 is 0 Å². The van der Waals surface area contributed by atoms with Gasteiger partial charge in [0.15, 0.2) is 0 Å². The summed E-state index contributed by atoms with van der Waals surface area (Å²) in [5.41, 5.74) is 9.03. The van der Waals surface area contributed by atoms with Crippen LogP contribution < -0.4 is 11.1 Å². The number of rotatable bonds is 3. The molecular formula is C15H24N2. The molecule has 0 saturated carbocycles. The number of hydrogen-bond acceptors (Lipinski definition) is 2. The van der Waals surface area contributed by atoms with E-state index in [0.29, 0.717) is 11.8 Å². The number of nitrogens with two attached hydrogens (primary N) is 1. The van der Waals surface area contributed by atoms with Crippen LogP contribution in [0.2, 0.25) is 0 Å². The van der Waals surface area contributed by atoms with Gasteiger partial charge in [-0.2, -0.15) is 0 Å². The Bertz CT molecular complexity index is 336. The normalized spacial score (nSPS) is 22.7. The third-order valence-electron chi connectivity index (χ3n) is 3.83. The van der Waals surface area contributed by atoms with Crippen LogP contribution in [0.5, 0.6) is 0 Å². The maximum absolute atomic E-state index is 6.36. The molecule has 0 spiro atoms. The van der Waals surface area contributed by atoms with Gasteiger partial charge in [0.25, 0.3) is 0 Å². The van der Waals surface area contributed by atoms with Crippen molar-refractivity contribution in [2.45, 2.75) is 38.6 Å². The summed E-state index contributed by atoms with van der Waals surface area (Å²) in [6.45, 7) is 6.66. The molecule has 0 aliphatic carbocycles. The monoisotopic (exact) mass is 232 g/mol. The predicted molar refractivity (Wildman–Crippen MR) is 73.1 cm³/mol. The van der Waals surface area contributed by atoms with Gasteiger partial charge in [0.05, 0.1) is 0 Å². The summed E-state index contributed by atoms with van der Waals surface area (Å²) in [4.78, 5) is 0. The second-order valence-corrected chi connectivity index (χ2v) is 5.45. The zero-order valence-electron chi connectivity index (χ0n) is 10.9. The molecule has 2 unspecified atom stereocenters. The average Bonchev–Trinajstić information content (AvgIpc) is 2.39. The number of hydrogen-bond donors (Lipinski definition) is 2. The Labute approximate surface area is 105 Å².